The van der Waals surface area contributed by atoms with Gasteiger partial charge >= 0.3 is 0 Å². The maximum absolute atomic E-state index is 12.7. The van der Waals surface area contributed by atoms with Gasteiger partial charge in [-0.3, -0.25) is 4.98 Å². The molecule has 4 aromatic rings. The molecule has 0 unspecified atom stereocenters. The van der Waals surface area contributed by atoms with Crippen LogP contribution in [-0.2, 0) is 16.6 Å². The molecular formula is C23H20N2O3S2. The summed E-state index contributed by atoms with van der Waals surface area (Å²) in [5.41, 5.74) is 2.70. The zero-order valence-corrected chi connectivity index (χ0v) is 17.9. The molecule has 0 aliphatic carbocycles. The molecule has 1 N–H and O–H groups in total. The van der Waals surface area contributed by atoms with Crippen LogP contribution in [0.2, 0.25) is 0 Å². The lowest BCUT2D eigenvalue weighted by atomic mass is 10.2. The van der Waals surface area contributed by atoms with Crippen molar-refractivity contribution in [3.05, 3.63) is 95.5 Å². The molecule has 0 saturated carbocycles. The molecule has 4 rings (SSSR count). The molecule has 30 heavy (non-hydrogen) atoms. The van der Waals surface area contributed by atoms with Crippen LogP contribution in [0.3, 0.4) is 0 Å². The van der Waals surface area contributed by atoms with Gasteiger partial charge in [0.25, 0.3) is 0 Å². The summed E-state index contributed by atoms with van der Waals surface area (Å²) in [5, 5.41) is 1.97. The van der Waals surface area contributed by atoms with Crippen molar-refractivity contribution in [3.8, 4) is 22.1 Å². The molecule has 5 nitrogen and oxygen atoms in total. The predicted octanol–water partition coefficient (Wildman–Crippen LogP) is 5.39. The Kier molecular flexibility index (Phi) is 5.94. The number of aromatic nitrogens is 1. The lowest BCUT2D eigenvalue weighted by Crippen LogP contribution is -2.23. The van der Waals surface area contributed by atoms with Crippen LogP contribution in [0.15, 0.2) is 89.3 Å². The predicted molar refractivity (Wildman–Crippen MR) is 119 cm³/mol. The van der Waals surface area contributed by atoms with Crippen LogP contribution in [0.4, 0.5) is 0 Å². The van der Waals surface area contributed by atoms with E-state index in [0.29, 0.717) is 11.5 Å². The van der Waals surface area contributed by atoms with Crippen molar-refractivity contribution in [2.75, 3.05) is 0 Å². The molecule has 0 fully saturated rings. The van der Waals surface area contributed by atoms with E-state index in [4.69, 9.17) is 4.74 Å². The maximum Gasteiger partial charge on any atom is 0.240 e. The Morgan fingerprint density at radius 3 is 2.53 bits per heavy atom. The number of nitrogens with one attached hydrogen (secondary N) is 1. The number of aryl methyl sites for hydroxylation is 1. The monoisotopic (exact) mass is 436 g/mol. The lowest BCUT2D eigenvalue weighted by molar-refractivity contribution is 0.481. The van der Waals surface area contributed by atoms with Gasteiger partial charge in [0.15, 0.2) is 0 Å². The lowest BCUT2D eigenvalue weighted by Gasteiger charge is -2.11. The average molecular weight is 437 g/mol. The molecule has 2 heterocycles. The van der Waals surface area contributed by atoms with Crippen molar-refractivity contribution in [2.45, 2.75) is 18.4 Å². The number of pyridine rings is 1. The first-order chi connectivity index (χ1) is 14.5. The van der Waals surface area contributed by atoms with E-state index >= 15 is 0 Å². The van der Waals surface area contributed by atoms with Crippen molar-refractivity contribution >= 4 is 21.4 Å². The first-order valence-corrected chi connectivity index (χ1v) is 11.7. The molecule has 0 bridgehead atoms. The van der Waals surface area contributed by atoms with Gasteiger partial charge in [-0.2, -0.15) is 0 Å². The molecule has 7 heteroatoms. The molecule has 0 aliphatic rings. The van der Waals surface area contributed by atoms with Gasteiger partial charge in [0.1, 0.15) is 11.5 Å². The molecule has 0 radical (unpaired) electrons. The number of hydrogen-bond donors (Lipinski definition) is 1. The summed E-state index contributed by atoms with van der Waals surface area (Å²) in [4.78, 5) is 5.59. The molecule has 0 aliphatic heterocycles. The minimum Gasteiger partial charge on any atom is -0.457 e. The molecule has 2 aromatic carbocycles. The zero-order chi connectivity index (χ0) is 21.0. The second-order valence-corrected chi connectivity index (χ2v) is 9.42. The van der Waals surface area contributed by atoms with Crippen LogP contribution in [0, 0.1) is 6.92 Å². The van der Waals surface area contributed by atoms with Crippen LogP contribution < -0.4 is 9.46 Å². The van der Waals surface area contributed by atoms with E-state index in [0.717, 1.165) is 21.7 Å². The summed E-state index contributed by atoms with van der Waals surface area (Å²) in [5.74, 6) is 1.29. The first kappa shape index (κ1) is 20.3. The van der Waals surface area contributed by atoms with E-state index in [1.54, 1.807) is 35.7 Å². The second kappa shape index (κ2) is 8.79. The largest absolute Gasteiger partial charge is 0.457 e. The number of nitrogens with zero attached hydrogens (tertiary/aromatic N) is 1. The average Bonchev–Trinajstić information content (AvgIpc) is 3.28. The molecule has 2 aromatic heterocycles. The van der Waals surface area contributed by atoms with E-state index in [9.17, 15) is 8.42 Å². The summed E-state index contributed by atoms with van der Waals surface area (Å²) < 4.78 is 34.0. The van der Waals surface area contributed by atoms with E-state index in [2.05, 4.69) is 9.71 Å². The van der Waals surface area contributed by atoms with Crippen LogP contribution in [0.5, 0.6) is 11.5 Å². The Labute approximate surface area is 180 Å². The third-order valence-electron chi connectivity index (χ3n) is 4.46. The van der Waals surface area contributed by atoms with Crippen LogP contribution in [-0.4, -0.2) is 13.4 Å². The van der Waals surface area contributed by atoms with Crippen LogP contribution in [0.25, 0.3) is 10.6 Å². The number of ether oxygens (including phenoxy) is 1. The Morgan fingerprint density at radius 2 is 1.80 bits per heavy atom. The van der Waals surface area contributed by atoms with Crippen molar-refractivity contribution in [1.29, 1.82) is 0 Å². The SMILES string of the molecule is Cc1cccc(Oc2ccc(S(=O)(=O)NCc3cccnc3-c3cccs3)cc2)c1. The second-order valence-electron chi connectivity index (χ2n) is 6.70. The minimum absolute atomic E-state index is 0.158. The fraction of sp³-hybridized carbons (Fsp3) is 0.0870. The van der Waals surface area contributed by atoms with E-state index in [1.807, 2.05) is 54.8 Å². The zero-order valence-electron chi connectivity index (χ0n) is 16.3. The highest BCUT2D eigenvalue weighted by Gasteiger charge is 2.16. The minimum atomic E-state index is -3.67. The van der Waals surface area contributed by atoms with E-state index in [-0.39, 0.29) is 11.4 Å². The smallest absolute Gasteiger partial charge is 0.240 e. The number of thiophene rings is 1. The van der Waals surface area contributed by atoms with Gasteiger partial charge in [0.05, 0.1) is 15.5 Å². The van der Waals surface area contributed by atoms with E-state index in [1.165, 1.54) is 12.1 Å². The fourth-order valence-corrected chi connectivity index (χ4v) is 4.74. The number of benzene rings is 2. The van der Waals surface area contributed by atoms with Gasteiger partial charge in [-0.25, -0.2) is 13.1 Å². The third kappa shape index (κ3) is 4.76. The van der Waals surface area contributed by atoms with Crippen LogP contribution in [0.1, 0.15) is 11.1 Å². The third-order valence-corrected chi connectivity index (χ3v) is 6.75. The van der Waals surface area contributed by atoms with Crippen molar-refractivity contribution < 1.29 is 13.2 Å². The van der Waals surface area contributed by atoms with Crippen molar-refractivity contribution in [3.63, 3.8) is 0 Å². The van der Waals surface area contributed by atoms with Gasteiger partial charge in [-0.15, -0.1) is 11.3 Å². The quantitative estimate of drug-likeness (QED) is 0.422. The van der Waals surface area contributed by atoms with Gasteiger partial charge in [0, 0.05) is 12.7 Å². The highest BCUT2D eigenvalue weighted by atomic mass is 32.2. The van der Waals surface area contributed by atoms with Gasteiger partial charge in [-0.1, -0.05) is 24.3 Å². The molecule has 152 valence electrons. The molecule has 0 atom stereocenters. The molecular weight excluding hydrogens is 416 g/mol. The van der Waals surface area contributed by atoms with Crippen molar-refractivity contribution in [2.24, 2.45) is 0 Å². The Balaban J connectivity index is 1.47. The standard InChI is InChI=1S/C23H20N2O3S2/c1-17-5-2-7-20(15-17)28-19-9-11-21(12-10-19)30(26,27)25-16-18-6-3-13-24-23(18)22-8-4-14-29-22/h2-15,25H,16H2,1H3. The first-order valence-electron chi connectivity index (χ1n) is 9.33. The molecule has 0 spiro atoms. The highest BCUT2D eigenvalue weighted by Crippen LogP contribution is 2.27. The number of rotatable bonds is 7. The Hall–Kier alpha value is -3.00. The Bertz CT molecular complexity index is 1240. The van der Waals surface area contributed by atoms with E-state index < -0.39 is 10.0 Å². The number of hydrogen-bond acceptors (Lipinski definition) is 5. The van der Waals surface area contributed by atoms with Gasteiger partial charge in [0.2, 0.25) is 10.0 Å². The van der Waals surface area contributed by atoms with Gasteiger partial charge in [-0.05, 0) is 72.0 Å². The highest BCUT2D eigenvalue weighted by molar-refractivity contribution is 7.89. The fourth-order valence-electron chi connectivity index (χ4n) is 2.97. The van der Waals surface area contributed by atoms with Crippen LogP contribution >= 0.6 is 11.3 Å². The normalized spacial score (nSPS) is 11.4. The maximum atomic E-state index is 12.7. The summed E-state index contributed by atoms with van der Waals surface area (Å²) in [6.07, 6.45) is 1.71. The summed E-state index contributed by atoms with van der Waals surface area (Å²) >= 11 is 1.57. The number of sulfonamides is 1. The topological polar surface area (TPSA) is 68.3 Å². The Morgan fingerprint density at radius 1 is 0.967 bits per heavy atom. The summed E-state index contributed by atoms with van der Waals surface area (Å²) in [6, 6.07) is 21.7. The van der Waals surface area contributed by atoms with Crippen molar-refractivity contribution in [1.82, 2.24) is 9.71 Å². The summed E-state index contributed by atoms with van der Waals surface area (Å²) in [7, 11) is -3.67. The molecule has 0 saturated heterocycles. The van der Waals surface area contributed by atoms with Gasteiger partial charge < -0.3 is 4.74 Å². The molecule has 0 amide bonds. The summed E-state index contributed by atoms with van der Waals surface area (Å²) in [6.45, 7) is 2.14.